The van der Waals surface area contributed by atoms with Crippen molar-refractivity contribution in [1.82, 2.24) is 20.1 Å². The number of aromatic amines is 1. The highest BCUT2D eigenvalue weighted by molar-refractivity contribution is 5.92. The lowest BCUT2D eigenvalue weighted by atomic mass is 10.1. The van der Waals surface area contributed by atoms with Gasteiger partial charge >= 0.3 is 0 Å². The lowest BCUT2D eigenvalue weighted by Crippen LogP contribution is -2.33. The lowest BCUT2D eigenvalue weighted by Gasteiger charge is -2.12. The molecule has 2 heterocycles. The normalized spacial score (nSPS) is 10.7. The van der Waals surface area contributed by atoms with Crippen LogP contribution < -0.4 is 16.3 Å². The minimum atomic E-state index is -0.741. The van der Waals surface area contributed by atoms with Crippen LogP contribution in [-0.2, 0) is 6.54 Å². The number of aromatic nitrogens is 3. The first-order valence-corrected chi connectivity index (χ1v) is 8.61. The monoisotopic (exact) mass is 382 g/mol. The van der Waals surface area contributed by atoms with Crippen LogP contribution in [0.2, 0.25) is 0 Å². The Morgan fingerprint density at radius 2 is 1.89 bits per heavy atom. The molecule has 0 saturated carbocycles. The summed E-state index contributed by atoms with van der Waals surface area (Å²) in [6.45, 7) is 5.06. The number of aryl methyl sites for hydroxylation is 3. The van der Waals surface area contributed by atoms with Gasteiger partial charge in [0.05, 0.1) is 0 Å². The lowest BCUT2D eigenvalue weighted by molar-refractivity contribution is 0.0942. The highest BCUT2D eigenvalue weighted by Crippen LogP contribution is 2.13. The van der Waals surface area contributed by atoms with Gasteiger partial charge in [0.2, 0.25) is 5.43 Å². The summed E-state index contributed by atoms with van der Waals surface area (Å²) in [5, 5.41) is 6.58. The van der Waals surface area contributed by atoms with Gasteiger partial charge < -0.3 is 10.3 Å². The maximum Gasteiger partial charge on any atom is 0.276 e. The van der Waals surface area contributed by atoms with Crippen molar-refractivity contribution in [1.29, 1.82) is 0 Å². The fourth-order valence-corrected chi connectivity index (χ4v) is 2.93. The number of pyridine rings is 1. The molecular formula is C20H19FN4O3. The average molecular weight is 382 g/mol. The summed E-state index contributed by atoms with van der Waals surface area (Å²) in [5.74, 6) is -1.27. The van der Waals surface area contributed by atoms with E-state index >= 15 is 0 Å². The van der Waals surface area contributed by atoms with E-state index in [9.17, 15) is 18.8 Å². The molecule has 0 unspecified atom stereocenters. The summed E-state index contributed by atoms with van der Waals surface area (Å²) in [7, 11) is 0. The molecule has 0 fully saturated rings. The Balaban J connectivity index is 1.93. The molecule has 3 aromatic rings. The van der Waals surface area contributed by atoms with Crippen molar-refractivity contribution in [2.24, 2.45) is 0 Å². The molecule has 7 nitrogen and oxygen atoms in total. The van der Waals surface area contributed by atoms with E-state index in [4.69, 9.17) is 0 Å². The van der Waals surface area contributed by atoms with Crippen LogP contribution in [0.5, 0.6) is 0 Å². The smallest absolute Gasteiger partial charge is 0.276 e. The van der Waals surface area contributed by atoms with Crippen molar-refractivity contribution in [2.45, 2.75) is 27.3 Å². The number of hydrogen-bond donors (Lipinski definition) is 2. The van der Waals surface area contributed by atoms with Gasteiger partial charge in [0, 0.05) is 29.6 Å². The maximum absolute atomic E-state index is 14.1. The number of carbonyl (C=O) groups excluding carboxylic acids is 1. The second kappa shape index (κ2) is 7.59. The van der Waals surface area contributed by atoms with Crippen LogP contribution in [0, 0.1) is 26.6 Å². The predicted octanol–water partition coefficient (Wildman–Crippen LogP) is 1.92. The van der Waals surface area contributed by atoms with E-state index < -0.39 is 17.2 Å². The van der Waals surface area contributed by atoms with Crippen LogP contribution >= 0.6 is 0 Å². The molecule has 144 valence electrons. The average Bonchev–Trinajstić information content (AvgIpc) is 2.61. The second-order valence-corrected chi connectivity index (χ2v) is 6.49. The summed E-state index contributed by atoms with van der Waals surface area (Å²) < 4.78 is 15.3. The van der Waals surface area contributed by atoms with Crippen LogP contribution in [0.15, 0.2) is 46.0 Å². The Kier molecular flexibility index (Phi) is 5.21. The molecule has 8 heteroatoms. The number of H-pyrrole nitrogens is 1. The van der Waals surface area contributed by atoms with Crippen LogP contribution in [0.1, 0.15) is 33.0 Å². The molecule has 0 radical (unpaired) electrons. The van der Waals surface area contributed by atoms with Gasteiger partial charge in [-0.2, -0.15) is 5.10 Å². The Hall–Kier alpha value is -3.55. The number of carbonyl (C=O) groups is 1. The zero-order valence-corrected chi connectivity index (χ0v) is 15.7. The predicted molar refractivity (Wildman–Crippen MR) is 102 cm³/mol. The molecule has 2 N–H and O–H groups in total. The Labute approximate surface area is 159 Å². The van der Waals surface area contributed by atoms with E-state index in [1.807, 2.05) is 0 Å². The first-order chi connectivity index (χ1) is 13.3. The van der Waals surface area contributed by atoms with Crippen LogP contribution in [0.25, 0.3) is 5.69 Å². The van der Waals surface area contributed by atoms with Gasteiger partial charge in [0.15, 0.2) is 5.69 Å². The van der Waals surface area contributed by atoms with Crippen molar-refractivity contribution in [3.63, 3.8) is 0 Å². The molecule has 0 spiro atoms. The largest absolute Gasteiger partial charge is 0.346 e. The van der Waals surface area contributed by atoms with E-state index in [0.717, 1.165) is 5.56 Å². The van der Waals surface area contributed by atoms with Gasteiger partial charge in [0.25, 0.3) is 11.5 Å². The third-order valence-electron chi connectivity index (χ3n) is 4.32. The Morgan fingerprint density at radius 3 is 2.57 bits per heavy atom. The first-order valence-electron chi connectivity index (χ1n) is 8.61. The molecule has 1 aromatic carbocycles. The van der Waals surface area contributed by atoms with E-state index in [-0.39, 0.29) is 23.5 Å². The van der Waals surface area contributed by atoms with E-state index in [2.05, 4.69) is 15.4 Å². The molecule has 0 bridgehead atoms. The summed E-state index contributed by atoms with van der Waals surface area (Å²) in [5.41, 5.74) is 1.07. The van der Waals surface area contributed by atoms with E-state index in [1.54, 1.807) is 32.9 Å². The first kappa shape index (κ1) is 19.2. The summed E-state index contributed by atoms with van der Waals surface area (Å²) in [4.78, 5) is 39.5. The zero-order valence-electron chi connectivity index (χ0n) is 15.7. The molecule has 3 rings (SSSR count). The topological polar surface area (TPSA) is 96.8 Å². The van der Waals surface area contributed by atoms with E-state index in [1.165, 1.54) is 28.9 Å². The molecule has 2 aromatic heterocycles. The molecule has 0 aliphatic rings. The van der Waals surface area contributed by atoms with Gasteiger partial charge in [-0.15, -0.1) is 0 Å². The number of amides is 1. The number of halogens is 1. The van der Waals surface area contributed by atoms with E-state index in [0.29, 0.717) is 17.0 Å². The highest BCUT2D eigenvalue weighted by atomic mass is 19.1. The number of rotatable bonds is 4. The van der Waals surface area contributed by atoms with Crippen molar-refractivity contribution < 1.29 is 9.18 Å². The molecular weight excluding hydrogens is 363 g/mol. The van der Waals surface area contributed by atoms with Crippen molar-refractivity contribution in [3.05, 3.63) is 91.0 Å². The van der Waals surface area contributed by atoms with Crippen molar-refractivity contribution in [3.8, 4) is 5.69 Å². The van der Waals surface area contributed by atoms with Gasteiger partial charge in [0.1, 0.15) is 11.5 Å². The standard InChI is InChI=1S/C20H19FN4O3/c1-11-8-12(2)23-19(27)14(11)10-22-20(28)18-17(26)9-13(3)25(24-18)16-7-5-4-6-15(16)21/h4-9H,10H2,1-3H3,(H,22,28)(H,23,27). The van der Waals surface area contributed by atoms with Gasteiger partial charge in [-0.25, -0.2) is 9.07 Å². The van der Waals surface area contributed by atoms with Crippen molar-refractivity contribution >= 4 is 5.91 Å². The molecule has 0 aliphatic carbocycles. The number of nitrogens with zero attached hydrogens (tertiary/aromatic N) is 2. The summed E-state index contributed by atoms with van der Waals surface area (Å²) in [6, 6.07) is 8.93. The number of benzene rings is 1. The number of hydrogen-bond acceptors (Lipinski definition) is 4. The summed E-state index contributed by atoms with van der Waals surface area (Å²) in [6.07, 6.45) is 0. The maximum atomic E-state index is 14.1. The second-order valence-electron chi connectivity index (χ2n) is 6.49. The van der Waals surface area contributed by atoms with Gasteiger partial charge in [-0.3, -0.25) is 14.4 Å². The van der Waals surface area contributed by atoms with Gasteiger partial charge in [-0.05, 0) is 44.5 Å². The molecule has 0 aliphatic heterocycles. The Bertz CT molecular complexity index is 1180. The minimum absolute atomic E-state index is 0.0605. The third kappa shape index (κ3) is 3.75. The fourth-order valence-electron chi connectivity index (χ4n) is 2.93. The Morgan fingerprint density at radius 1 is 1.18 bits per heavy atom. The fraction of sp³-hybridized carbons (Fsp3) is 0.200. The van der Waals surface area contributed by atoms with Crippen molar-refractivity contribution in [2.75, 3.05) is 0 Å². The van der Waals surface area contributed by atoms with Crippen LogP contribution in [0.4, 0.5) is 4.39 Å². The zero-order chi connectivity index (χ0) is 20.4. The van der Waals surface area contributed by atoms with Gasteiger partial charge in [-0.1, -0.05) is 12.1 Å². The third-order valence-corrected chi connectivity index (χ3v) is 4.32. The van der Waals surface area contributed by atoms with Crippen LogP contribution in [0.3, 0.4) is 0 Å². The molecule has 0 atom stereocenters. The number of para-hydroxylation sites is 1. The quantitative estimate of drug-likeness (QED) is 0.720. The molecule has 1 amide bonds. The molecule has 28 heavy (non-hydrogen) atoms. The molecule has 0 saturated heterocycles. The minimum Gasteiger partial charge on any atom is -0.346 e. The highest BCUT2D eigenvalue weighted by Gasteiger charge is 2.17. The summed E-state index contributed by atoms with van der Waals surface area (Å²) >= 11 is 0. The number of nitrogens with one attached hydrogen (secondary N) is 2. The SMILES string of the molecule is Cc1cc(C)c(CNC(=O)c2nn(-c3ccccc3F)c(C)cc2=O)c(=O)[nH]1. The van der Waals surface area contributed by atoms with Crippen LogP contribution in [-0.4, -0.2) is 20.7 Å².